The number of carbonyl (C=O) groups is 3. The largest absolute Gasteiger partial charge is 0.481 e. The number of aliphatic carboxylic acids is 1. The van der Waals surface area contributed by atoms with Gasteiger partial charge in [0, 0.05) is 6.54 Å². The lowest BCUT2D eigenvalue weighted by Crippen LogP contribution is -2.41. The van der Waals surface area contributed by atoms with E-state index in [1.807, 2.05) is 6.92 Å². The zero-order valence-corrected chi connectivity index (χ0v) is 14.0. The van der Waals surface area contributed by atoms with Crippen molar-refractivity contribution in [1.82, 2.24) is 4.90 Å². The third kappa shape index (κ3) is 3.02. The van der Waals surface area contributed by atoms with Crippen molar-refractivity contribution in [3.8, 4) is 0 Å². The maximum absolute atomic E-state index is 12.5. The lowest BCUT2D eigenvalue weighted by Gasteiger charge is -2.25. The second-order valence-electron chi connectivity index (χ2n) is 4.66. The zero-order chi connectivity index (χ0) is 15.7. The van der Waals surface area contributed by atoms with Crippen LogP contribution in [0.1, 0.15) is 20.3 Å². The van der Waals surface area contributed by atoms with Crippen LogP contribution in [0.2, 0.25) is 0 Å². The van der Waals surface area contributed by atoms with Gasteiger partial charge in [-0.05, 0) is 13.8 Å². The fraction of sp³-hybridized carbons (Fsp3) is 0.538. The van der Waals surface area contributed by atoms with E-state index in [4.69, 9.17) is 17.3 Å². The number of nitrogens with zero attached hydrogens (tertiary/aromatic N) is 1. The first-order chi connectivity index (χ1) is 9.90. The quantitative estimate of drug-likeness (QED) is 0.616. The molecular formula is C13H15NO4S3. The Bertz CT molecular complexity index is 546. The van der Waals surface area contributed by atoms with Crippen molar-refractivity contribution in [2.24, 2.45) is 5.92 Å². The van der Waals surface area contributed by atoms with Gasteiger partial charge in [-0.2, -0.15) is 0 Å². The molecule has 0 aromatic heterocycles. The highest BCUT2D eigenvalue weighted by atomic mass is 32.2. The van der Waals surface area contributed by atoms with Crippen molar-refractivity contribution in [3.05, 3.63) is 11.0 Å². The molecule has 1 N–H and O–H groups in total. The number of thiocarbonyl (C=S) groups is 1. The molecule has 0 aromatic rings. The van der Waals surface area contributed by atoms with E-state index in [-0.39, 0.29) is 23.5 Å². The molecule has 114 valence electrons. The Labute approximate surface area is 136 Å². The van der Waals surface area contributed by atoms with E-state index in [1.165, 1.54) is 23.5 Å². The van der Waals surface area contributed by atoms with Gasteiger partial charge in [-0.1, -0.05) is 30.1 Å². The van der Waals surface area contributed by atoms with Crippen molar-refractivity contribution in [2.45, 2.75) is 30.9 Å². The summed E-state index contributed by atoms with van der Waals surface area (Å²) in [7, 11) is 0. The lowest BCUT2D eigenvalue weighted by molar-refractivity contribution is -0.139. The summed E-state index contributed by atoms with van der Waals surface area (Å²) in [5, 5.41) is 8.10. The van der Waals surface area contributed by atoms with E-state index in [9.17, 15) is 14.4 Å². The number of hydrogen-bond acceptors (Lipinski definition) is 6. The molecule has 3 atom stereocenters. The fourth-order valence-electron chi connectivity index (χ4n) is 2.38. The molecule has 3 unspecified atom stereocenters. The van der Waals surface area contributed by atoms with Gasteiger partial charge in [0.15, 0.2) is 5.78 Å². The molecule has 8 heteroatoms. The van der Waals surface area contributed by atoms with Gasteiger partial charge in [0.1, 0.15) is 5.37 Å². The second-order valence-corrected chi connectivity index (χ2v) is 7.70. The van der Waals surface area contributed by atoms with Crippen molar-refractivity contribution >= 4 is 57.6 Å². The summed E-state index contributed by atoms with van der Waals surface area (Å²) in [6, 6.07) is 0. The molecule has 2 saturated heterocycles. The first-order valence-corrected chi connectivity index (χ1v) is 8.67. The van der Waals surface area contributed by atoms with Gasteiger partial charge in [-0.25, -0.2) is 0 Å². The minimum absolute atomic E-state index is 0.0731. The number of likely N-dealkylation sites (N-methyl/N-ethyl adjacent to an activating group) is 1. The molecule has 0 spiro atoms. The number of Topliss-reactive ketones (excluding diaryl/α,β-unsaturated/α-hetero) is 1. The number of ketones is 1. The average Bonchev–Trinajstić information content (AvgIpc) is 2.89. The first kappa shape index (κ1) is 16.5. The van der Waals surface area contributed by atoms with Gasteiger partial charge in [0.2, 0.25) is 0 Å². The van der Waals surface area contributed by atoms with Gasteiger partial charge in [-0.3, -0.25) is 14.4 Å². The summed E-state index contributed by atoms with van der Waals surface area (Å²) < 4.78 is 0.422. The monoisotopic (exact) mass is 345 g/mol. The standard InChI is InChI=1S/C13H15NO4S3/c1-3-7-11(18)14(4-2)12(20-7)10-9(17)6(5-8(15)16)13(19)21-10/h3,6,10,12H,4-5H2,1-2H3,(H,15,16). The molecule has 21 heavy (non-hydrogen) atoms. The number of rotatable bonds is 4. The Kier molecular flexibility index (Phi) is 5.11. The van der Waals surface area contributed by atoms with Crippen LogP contribution in [0.3, 0.4) is 0 Å². The summed E-state index contributed by atoms with van der Waals surface area (Å²) in [6.07, 6.45) is 1.47. The Morgan fingerprint density at radius 3 is 2.62 bits per heavy atom. The van der Waals surface area contributed by atoms with Crippen LogP contribution in [0, 0.1) is 5.92 Å². The Balaban J connectivity index is 2.23. The highest BCUT2D eigenvalue weighted by Crippen LogP contribution is 2.45. The Hall–Kier alpha value is -0.860. The molecule has 2 aliphatic rings. The van der Waals surface area contributed by atoms with Crippen LogP contribution in [0.5, 0.6) is 0 Å². The Morgan fingerprint density at radius 2 is 2.10 bits per heavy atom. The van der Waals surface area contributed by atoms with Crippen molar-refractivity contribution in [2.75, 3.05) is 6.54 Å². The molecule has 0 aromatic carbocycles. The second kappa shape index (κ2) is 6.50. The maximum Gasteiger partial charge on any atom is 0.304 e. The van der Waals surface area contributed by atoms with E-state index < -0.39 is 17.1 Å². The number of carbonyl (C=O) groups excluding carboxylic acids is 2. The van der Waals surface area contributed by atoms with Crippen molar-refractivity contribution < 1.29 is 19.5 Å². The van der Waals surface area contributed by atoms with Crippen LogP contribution in [0.15, 0.2) is 11.0 Å². The lowest BCUT2D eigenvalue weighted by atomic mass is 10.00. The fourth-order valence-corrected chi connectivity index (χ4v) is 5.62. The number of carboxylic acids is 1. The summed E-state index contributed by atoms with van der Waals surface area (Å²) in [4.78, 5) is 37.8. The van der Waals surface area contributed by atoms with E-state index in [0.717, 1.165) is 0 Å². The molecule has 1 amide bonds. The van der Waals surface area contributed by atoms with Gasteiger partial charge >= 0.3 is 5.97 Å². The van der Waals surface area contributed by atoms with E-state index in [0.29, 0.717) is 15.6 Å². The van der Waals surface area contributed by atoms with Gasteiger partial charge < -0.3 is 10.0 Å². The molecule has 0 radical (unpaired) electrons. The summed E-state index contributed by atoms with van der Waals surface area (Å²) >= 11 is 7.76. The number of allylic oxidation sites excluding steroid dienone is 1. The number of carboxylic acid groups (broad SMARTS) is 1. The molecule has 5 nitrogen and oxygen atoms in total. The minimum Gasteiger partial charge on any atom is -0.481 e. The first-order valence-electron chi connectivity index (χ1n) is 6.50. The highest BCUT2D eigenvalue weighted by Gasteiger charge is 2.50. The molecule has 2 heterocycles. The normalized spacial score (nSPS) is 31.5. The van der Waals surface area contributed by atoms with Crippen LogP contribution < -0.4 is 0 Å². The summed E-state index contributed by atoms with van der Waals surface area (Å²) in [6.45, 7) is 4.16. The maximum atomic E-state index is 12.5. The van der Waals surface area contributed by atoms with Crippen LogP contribution in [0.25, 0.3) is 0 Å². The molecular weight excluding hydrogens is 330 g/mol. The topological polar surface area (TPSA) is 74.7 Å². The Morgan fingerprint density at radius 1 is 1.43 bits per heavy atom. The molecule has 0 aliphatic carbocycles. The van der Waals surface area contributed by atoms with Gasteiger partial charge in [0.25, 0.3) is 5.91 Å². The van der Waals surface area contributed by atoms with Gasteiger partial charge in [-0.15, -0.1) is 11.8 Å². The molecule has 2 fully saturated rings. The minimum atomic E-state index is -1.03. The highest BCUT2D eigenvalue weighted by molar-refractivity contribution is 8.25. The molecule has 2 aliphatic heterocycles. The van der Waals surface area contributed by atoms with Crippen LogP contribution in [0.4, 0.5) is 0 Å². The molecule has 0 saturated carbocycles. The van der Waals surface area contributed by atoms with E-state index >= 15 is 0 Å². The summed E-state index contributed by atoms with van der Waals surface area (Å²) in [5.41, 5.74) is 0. The summed E-state index contributed by atoms with van der Waals surface area (Å²) in [5.74, 6) is -2.00. The number of hydrogen-bond donors (Lipinski definition) is 1. The average molecular weight is 345 g/mol. The molecule has 0 bridgehead atoms. The van der Waals surface area contributed by atoms with Crippen molar-refractivity contribution in [1.29, 1.82) is 0 Å². The predicted octanol–water partition coefficient (Wildman–Crippen LogP) is 1.91. The molecule has 2 rings (SSSR count). The van der Waals surface area contributed by atoms with Crippen LogP contribution >= 0.6 is 35.7 Å². The smallest absolute Gasteiger partial charge is 0.304 e. The third-order valence-electron chi connectivity index (χ3n) is 3.42. The van der Waals surface area contributed by atoms with Crippen molar-refractivity contribution in [3.63, 3.8) is 0 Å². The van der Waals surface area contributed by atoms with E-state index in [2.05, 4.69) is 0 Å². The van der Waals surface area contributed by atoms with Crippen LogP contribution in [-0.2, 0) is 14.4 Å². The van der Waals surface area contributed by atoms with E-state index in [1.54, 1.807) is 17.9 Å². The number of thioether (sulfide) groups is 2. The SMILES string of the molecule is CC=C1SC(C2SC(=S)C(CC(=O)O)C2=O)N(CC)C1=O. The number of amides is 1. The van der Waals surface area contributed by atoms with Crippen LogP contribution in [-0.4, -0.2) is 49.0 Å². The third-order valence-corrected chi connectivity index (χ3v) is 6.86. The zero-order valence-electron chi connectivity index (χ0n) is 11.6. The van der Waals surface area contributed by atoms with Gasteiger partial charge in [0.05, 0.1) is 26.7 Å². The predicted molar refractivity (Wildman–Crippen MR) is 87.2 cm³/mol.